The SMILES string of the molecule is C/C=C/c1ccc(NC(=O)C2CCSCC2)cc1. The molecule has 1 amide bonds. The third-order valence-corrected chi connectivity index (χ3v) is 4.18. The summed E-state index contributed by atoms with van der Waals surface area (Å²) in [5, 5.41) is 3.01. The van der Waals surface area contributed by atoms with Crippen LogP contribution >= 0.6 is 11.8 Å². The minimum Gasteiger partial charge on any atom is -0.326 e. The molecule has 0 atom stereocenters. The lowest BCUT2D eigenvalue weighted by atomic mass is 10.0. The van der Waals surface area contributed by atoms with Gasteiger partial charge in [-0.25, -0.2) is 0 Å². The first-order valence-corrected chi connectivity index (χ1v) is 7.56. The van der Waals surface area contributed by atoms with Gasteiger partial charge in [0.2, 0.25) is 5.91 Å². The van der Waals surface area contributed by atoms with Crippen molar-refractivity contribution in [3.63, 3.8) is 0 Å². The van der Waals surface area contributed by atoms with Gasteiger partial charge in [0.15, 0.2) is 0 Å². The van der Waals surface area contributed by atoms with Gasteiger partial charge >= 0.3 is 0 Å². The van der Waals surface area contributed by atoms with Crippen LogP contribution in [-0.4, -0.2) is 17.4 Å². The van der Waals surface area contributed by atoms with E-state index in [-0.39, 0.29) is 11.8 Å². The lowest BCUT2D eigenvalue weighted by Crippen LogP contribution is -2.26. The van der Waals surface area contributed by atoms with E-state index in [2.05, 4.69) is 5.32 Å². The highest BCUT2D eigenvalue weighted by molar-refractivity contribution is 7.99. The quantitative estimate of drug-likeness (QED) is 0.896. The fraction of sp³-hybridized carbons (Fsp3) is 0.400. The van der Waals surface area contributed by atoms with E-state index in [0.29, 0.717) is 0 Å². The van der Waals surface area contributed by atoms with Crippen LogP contribution in [0.1, 0.15) is 25.3 Å². The van der Waals surface area contributed by atoms with Crippen LogP contribution in [0, 0.1) is 5.92 Å². The highest BCUT2D eigenvalue weighted by Gasteiger charge is 2.21. The van der Waals surface area contributed by atoms with Gasteiger partial charge in [0.25, 0.3) is 0 Å². The Labute approximate surface area is 113 Å². The molecule has 1 saturated heterocycles. The molecule has 1 fully saturated rings. The molecule has 96 valence electrons. The molecule has 0 saturated carbocycles. The number of rotatable bonds is 3. The zero-order chi connectivity index (χ0) is 12.8. The molecule has 0 aromatic heterocycles. The smallest absolute Gasteiger partial charge is 0.227 e. The standard InChI is InChI=1S/C15H19NOS/c1-2-3-12-4-6-14(7-5-12)16-15(17)13-8-10-18-11-9-13/h2-7,13H,8-11H2,1H3,(H,16,17)/b3-2+. The maximum atomic E-state index is 12.0. The van der Waals surface area contributed by atoms with Gasteiger partial charge in [0.1, 0.15) is 0 Å². The van der Waals surface area contributed by atoms with E-state index in [1.807, 2.05) is 55.1 Å². The average molecular weight is 261 g/mol. The average Bonchev–Trinajstić information content (AvgIpc) is 2.42. The fourth-order valence-electron chi connectivity index (χ4n) is 2.07. The Hall–Kier alpha value is -1.22. The number of benzene rings is 1. The second kappa shape index (κ2) is 6.64. The summed E-state index contributed by atoms with van der Waals surface area (Å²) in [5.41, 5.74) is 2.05. The van der Waals surface area contributed by atoms with Crippen molar-refractivity contribution in [2.75, 3.05) is 16.8 Å². The largest absolute Gasteiger partial charge is 0.326 e. The molecule has 1 aromatic rings. The van der Waals surface area contributed by atoms with Crippen LogP contribution in [0.25, 0.3) is 6.08 Å². The molecule has 0 radical (unpaired) electrons. The molecule has 0 spiro atoms. The number of amides is 1. The first-order valence-electron chi connectivity index (χ1n) is 6.41. The van der Waals surface area contributed by atoms with Gasteiger partial charge in [-0.3, -0.25) is 4.79 Å². The number of carbonyl (C=O) groups excluding carboxylic acids is 1. The van der Waals surface area contributed by atoms with Gasteiger partial charge in [-0.2, -0.15) is 11.8 Å². The Bertz CT molecular complexity index is 419. The summed E-state index contributed by atoms with van der Waals surface area (Å²) in [4.78, 5) is 12.0. The Morgan fingerprint density at radius 3 is 2.56 bits per heavy atom. The minimum absolute atomic E-state index is 0.175. The van der Waals surface area contributed by atoms with Gasteiger partial charge < -0.3 is 5.32 Å². The summed E-state index contributed by atoms with van der Waals surface area (Å²) in [7, 11) is 0. The number of nitrogens with one attached hydrogen (secondary N) is 1. The number of carbonyl (C=O) groups is 1. The molecular weight excluding hydrogens is 242 g/mol. The van der Waals surface area contributed by atoms with Crippen LogP contribution in [0.4, 0.5) is 5.69 Å². The molecule has 18 heavy (non-hydrogen) atoms. The van der Waals surface area contributed by atoms with E-state index >= 15 is 0 Å². The molecule has 2 nitrogen and oxygen atoms in total. The molecule has 1 aromatic carbocycles. The number of anilines is 1. The molecule has 1 aliphatic heterocycles. The van der Waals surface area contributed by atoms with E-state index in [0.717, 1.165) is 35.6 Å². The van der Waals surface area contributed by atoms with Crippen molar-refractivity contribution in [2.45, 2.75) is 19.8 Å². The number of thioether (sulfide) groups is 1. The monoisotopic (exact) mass is 261 g/mol. The molecular formula is C15H19NOS. The summed E-state index contributed by atoms with van der Waals surface area (Å²) in [6.07, 6.45) is 6.07. The van der Waals surface area contributed by atoms with E-state index in [4.69, 9.17) is 0 Å². The van der Waals surface area contributed by atoms with Crippen LogP contribution in [0.15, 0.2) is 30.3 Å². The van der Waals surface area contributed by atoms with E-state index in [9.17, 15) is 4.79 Å². The predicted octanol–water partition coefficient (Wildman–Crippen LogP) is 3.80. The molecule has 1 heterocycles. The first kappa shape index (κ1) is 13.2. The number of allylic oxidation sites excluding steroid dienone is 1. The summed E-state index contributed by atoms with van der Waals surface area (Å²) in [6.45, 7) is 2.00. The van der Waals surface area contributed by atoms with Crippen LogP contribution < -0.4 is 5.32 Å². The van der Waals surface area contributed by atoms with Crippen molar-refractivity contribution in [3.8, 4) is 0 Å². The van der Waals surface area contributed by atoms with Crippen molar-refractivity contribution in [1.82, 2.24) is 0 Å². The first-order chi connectivity index (χ1) is 8.79. The minimum atomic E-state index is 0.175. The third-order valence-electron chi connectivity index (χ3n) is 3.13. The second-order valence-corrected chi connectivity index (χ2v) is 5.72. The molecule has 1 aliphatic rings. The molecule has 2 rings (SSSR count). The van der Waals surface area contributed by atoms with Crippen molar-refractivity contribution >= 4 is 29.4 Å². The third kappa shape index (κ3) is 3.64. The van der Waals surface area contributed by atoms with E-state index in [1.165, 1.54) is 0 Å². The lowest BCUT2D eigenvalue weighted by Gasteiger charge is -2.20. The summed E-state index contributed by atoms with van der Waals surface area (Å²) < 4.78 is 0. The van der Waals surface area contributed by atoms with E-state index in [1.54, 1.807) is 0 Å². The number of hydrogen-bond donors (Lipinski definition) is 1. The van der Waals surface area contributed by atoms with Crippen LogP contribution in [-0.2, 0) is 4.79 Å². The number of hydrogen-bond acceptors (Lipinski definition) is 2. The van der Waals surface area contributed by atoms with Crippen LogP contribution in [0.2, 0.25) is 0 Å². The van der Waals surface area contributed by atoms with Gasteiger partial charge in [-0.15, -0.1) is 0 Å². The Kier molecular flexibility index (Phi) is 4.88. The highest BCUT2D eigenvalue weighted by Crippen LogP contribution is 2.24. The topological polar surface area (TPSA) is 29.1 Å². The van der Waals surface area contributed by atoms with Crippen molar-refractivity contribution < 1.29 is 4.79 Å². The fourth-order valence-corrected chi connectivity index (χ4v) is 3.18. The molecule has 0 aliphatic carbocycles. The van der Waals surface area contributed by atoms with Crippen LogP contribution in [0.3, 0.4) is 0 Å². The Balaban J connectivity index is 1.93. The summed E-state index contributed by atoms with van der Waals surface area (Å²) >= 11 is 1.94. The van der Waals surface area contributed by atoms with Crippen molar-refractivity contribution in [3.05, 3.63) is 35.9 Å². The van der Waals surface area contributed by atoms with Crippen molar-refractivity contribution in [2.24, 2.45) is 5.92 Å². The Morgan fingerprint density at radius 2 is 1.94 bits per heavy atom. The maximum absolute atomic E-state index is 12.0. The Morgan fingerprint density at radius 1 is 1.28 bits per heavy atom. The summed E-state index contributed by atoms with van der Waals surface area (Å²) in [6, 6.07) is 7.97. The predicted molar refractivity (Wildman–Crippen MR) is 79.8 cm³/mol. The second-order valence-electron chi connectivity index (χ2n) is 4.50. The molecule has 0 unspecified atom stereocenters. The zero-order valence-electron chi connectivity index (χ0n) is 10.7. The molecule has 0 bridgehead atoms. The zero-order valence-corrected chi connectivity index (χ0v) is 11.5. The van der Waals surface area contributed by atoms with E-state index < -0.39 is 0 Å². The normalized spacial score (nSPS) is 16.9. The lowest BCUT2D eigenvalue weighted by molar-refractivity contribution is -0.120. The highest BCUT2D eigenvalue weighted by atomic mass is 32.2. The molecule has 1 N–H and O–H groups in total. The van der Waals surface area contributed by atoms with Gasteiger partial charge in [0, 0.05) is 11.6 Å². The molecule has 3 heteroatoms. The maximum Gasteiger partial charge on any atom is 0.227 e. The van der Waals surface area contributed by atoms with Gasteiger partial charge in [0.05, 0.1) is 0 Å². The van der Waals surface area contributed by atoms with Crippen molar-refractivity contribution in [1.29, 1.82) is 0 Å². The summed E-state index contributed by atoms with van der Waals surface area (Å²) in [5.74, 6) is 2.59. The van der Waals surface area contributed by atoms with Gasteiger partial charge in [-0.1, -0.05) is 24.3 Å². The van der Waals surface area contributed by atoms with Crippen LogP contribution in [0.5, 0.6) is 0 Å². The van der Waals surface area contributed by atoms with Gasteiger partial charge in [-0.05, 0) is 49.0 Å².